The Balaban J connectivity index is 0.00000220. The second-order valence-electron chi connectivity index (χ2n) is 4.44. The minimum atomic E-state index is -4.43. The van der Waals surface area contributed by atoms with Gasteiger partial charge in [-0.3, -0.25) is 9.36 Å². The Bertz CT molecular complexity index is 576. The van der Waals surface area contributed by atoms with Crippen molar-refractivity contribution in [3.05, 3.63) is 35.4 Å². The Morgan fingerprint density at radius 2 is 1.95 bits per heavy atom. The first-order valence-corrected chi connectivity index (χ1v) is 6.23. The fraction of sp³-hybridized carbons (Fsp3) is 0.500. The van der Waals surface area contributed by atoms with Crippen LogP contribution in [0.5, 0.6) is 0 Å². The van der Waals surface area contributed by atoms with Crippen LogP contribution >= 0.6 is 12.4 Å². The Morgan fingerprint density at radius 1 is 1.24 bits per heavy atom. The largest absolute Gasteiger partial charge is 0.435 e. The Morgan fingerprint density at radius 3 is 2.52 bits per heavy atom. The first-order chi connectivity index (χ1) is 9.40. The monoisotopic (exact) mass is 323 g/mol. The van der Waals surface area contributed by atoms with Crippen molar-refractivity contribution in [3.63, 3.8) is 0 Å². The van der Waals surface area contributed by atoms with Crippen molar-refractivity contribution in [2.75, 3.05) is 0 Å². The molecule has 118 valence electrons. The normalized spacial score (nSPS) is 11.5. The minimum Gasteiger partial charge on any atom is -0.307 e. The molecule has 0 bridgehead atoms. The molecule has 1 N–H and O–H groups in total. The summed E-state index contributed by atoms with van der Waals surface area (Å²) >= 11 is 0. The Kier molecular flexibility index (Phi) is 5.79. The molecule has 0 aliphatic rings. The fourth-order valence-electron chi connectivity index (χ4n) is 1.90. The molecule has 2 aromatic heterocycles. The summed E-state index contributed by atoms with van der Waals surface area (Å²) < 4.78 is 41.2. The Hall–Kier alpha value is -1.54. The van der Waals surface area contributed by atoms with Crippen LogP contribution in [0.2, 0.25) is 0 Å². The molecule has 0 spiro atoms. The van der Waals surface area contributed by atoms with Crippen LogP contribution in [0.15, 0.2) is 18.5 Å². The van der Waals surface area contributed by atoms with Gasteiger partial charge in [0.25, 0.3) is 0 Å². The lowest BCUT2D eigenvalue weighted by Gasteiger charge is -2.06. The third kappa shape index (κ3) is 4.47. The number of halogens is 4. The molecule has 0 saturated carbocycles. The zero-order chi connectivity index (χ0) is 14.8. The average Bonchev–Trinajstić information content (AvgIpc) is 2.95. The molecule has 0 aliphatic carbocycles. The van der Waals surface area contributed by atoms with Gasteiger partial charge in [-0.05, 0) is 13.0 Å². The summed E-state index contributed by atoms with van der Waals surface area (Å²) in [7, 11) is 1.47. The van der Waals surface area contributed by atoms with E-state index in [4.69, 9.17) is 0 Å². The van der Waals surface area contributed by atoms with Crippen molar-refractivity contribution in [1.82, 2.24) is 24.9 Å². The highest BCUT2D eigenvalue weighted by Crippen LogP contribution is 2.30. The molecule has 0 atom stereocenters. The van der Waals surface area contributed by atoms with E-state index in [1.165, 1.54) is 17.9 Å². The number of nitrogens with one attached hydrogen (secondary N) is 1. The zero-order valence-corrected chi connectivity index (χ0v) is 12.5. The predicted octanol–water partition coefficient (Wildman–Crippen LogP) is 2.37. The number of rotatable bonds is 5. The van der Waals surface area contributed by atoms with Crippen molar-refractivity contribution in [2.24, 2.45) is 7.05 Å². The van der Waals surface area contributed by atoms with E-state index in [1.807, 2.05) is 19.2 Å². The molecule has 2 rings (SSSR count). The molecule has 9 heteroatoms. The van der Waals surface area contributed by atoms with Gasteiger partial charge < -0.3 is 5.32 Å². The third-order valence-electron chi connectivity index (χ3n) is 2.81. The number of alkyl halides is 3. The highest BCUT2D eigenvalue weighted by molar-refractivity contribution is 5.85. The molecule has 0 aliphatic heterocycles. The van der Waals surface area contributed by atoms with Gasteiger partial charge in [-0.2, -0.15) is 23.4 Å². The summed E-state index contributed by atoms with van der Waals surface area (Å²) in [5.74, 6) is 0. The van der Waals surface area contributed by atoms with Crippen molar-refractivity contribution >= 4 is 12.4 Å². The summed E-state index contributed by atoms with van der Waals surface area (Å²) in [6.07, 6.45) is -1.22. The number of nitrogens with zero attached hydrogens (tertiary/aromatic N) is 4. The molecular weight excluding hydrogens is 307 g/mol. The van der Waals surface area contributed by atoms with Crippen molar-refractivity contribution in [1.29, 1.82) is 0 Å². The molecule has 0 radical (unpaired) electrons. The molecule has 2 aromatic rings. The molecule has 0 fully saturated rings. The molecule has 21 heavy (non-hydrogen) atoms. The van der Waals surface area contributed by atoms with E-state index in [-0.39, 0.29) is 24.5 Å². The summed E-state index contributed by atoms with van der Waals surface area (Å²) in [6.45, 7) is 3.25. The van der Waals surface area contributed by atoms with Gasteiger partial charge in [-0.15, -0.1) is 12.4 Å². The van der Waals surface area contributed by atoms with Gasteiger partial charge in [-0.25, -0.2) is 0 Å². The number of aryl methyl sites for hydroxylation is 2. The summed E-state index contributed by atoms with van der Waals surface area (Å²) in [4.78, 5) is 0. The summed E-state index contributed by atoms with van der Waals surface area (Å²) in [5.41, 5.74) is 0.0887. The van der Waals surface area contributed by atoms with E-state index in [0.717, 1.165) is 12.2 Å². The third-order valence-corrected chi connectivity index (χ3v) is 2.81. The van der Waals surface area contributed by atoms with Crippen molar-refractivity contribution in [2.45, 2.75) is 32.7 Å². The maximum absolute atomic E-state index is 12.7. The zero-order valence-electron chi connectivity index (χ0n) is 11.7. The van der Waals surface area contributed by atoms with Gasteiger partial charge in [0.1, 0.15) is 0 Å². The van der Waals surface area contributed by atoms with Gasteiger partial charge in [0.15, 0.2) is 5.69 Å². The standard InChI is InChI=1S/C12H16F3N5.ClH/c1-3-20-5-4-10(17-20)7-16-6-9-8-19(2)18-11(9)12(13,14)15;/h4-5,8,16H,3,6-7H2,1-2H3;1H. The fourth-order valence-corrected chi connectivity index (χ4v) is 1.90. The average molecular weight is 324 g/mol. The van der Waals surface area contributed by atoms with E-state index in [9.17, 15) is 13.2 Å². The van der Waals surface area contributed by atoms with E-state index in [1.54, 1.807) is 4.68 Å². The molecule has 0 saturated heterocycles. The molecule has 0 unspecified atom stereocenters. The maximum Gasteiger partial charge on any atom is 0.435 e. The van der Waals surface area contributed by atoms with Gasteiger partial charge in [0.2, 0.25) is 0 Å². The predicted molar refractivity (Wildman–Crippen MR) is 73.9 cm³/mol. The first kappa shape index (κ1) is 17.5. The van der Waals surface area contributed by atoms with Gasteiger partial charge in [0.05, 0.1) is 5.69 Å². The molecule has 5 nitrogen and oxygen atoms in total. The van der Waals surface area contributed by atoms with Crippen LogP contribution < -0.4 is 5.32 Å². The second-order valence-corrected chi connectivity index (χ2v) is 4.44. The highest BCUT2D eigenvalue weighted by Gasteiger charge is 2.36. The highest BCUT2D eigenvalue weighted by atomic mass is 35.5. The molecule has 0 aromatic carbocycles. The van der Waals surface area contributed by atoms with Crippen LogP contribution in [0.4, 0.5) is 13.2 Å². The van der Waals surface area contributed by atoms with Crippen molar-refractivity contribution < 1.29 is 13.2 Å². The van der Waals surface area contributed by atoms with E-state index >= 15 is 0 Å². The van der Waals surface area contributed by atoms with Crippen LogP contribution in [0, 0.1) is 0 Å². The van der Waals surface area contributed by atoms with Crippen LogP contribution in [-0.4, -0.2) is 19.6 Å². The molecular formula is C12H17ClF3N5. The number of aromatic nitrogens is 4. The van der Waals surface area contributed by atoms with Gasteiger partial charge in [-0.1, -0.05) is 0 Å². The van der Waals surface area contributed by atoms with Gasteiger partial charge >= 0.3 is 6.18 Å². The topological polar surface area (TPSA) is 47.7 Å². The van der Waals surface area contributed by atoms with Gasteiger partial charge in [0, 0.05) is 44.6 Å². The van der Waals surface area contributed by atoms with E-state index < -0.39 is 11.9 Å². The first-order valence-electron chi connectivity index (χ1n) is 6.23. The number of hydrogen-bond donors (Lipinski definition) is 1. The van der Waals surface area contributed by atoms with Crippen LogP contribution in [0.25, 0.3) is 0 Å². The summed E-state index contributed by atoms with van der Waals surface area (Å²) in [5, 5.41) is 10.7. The lowest BCUT2D eigenvalue weighted by molar-refractivity contribution is -0.142. The lowest BCUT2D eigenvalue weighted by atomic mass is 10.2. The van der Waals surface area contributed by atoms with E-state index in [0.29, 0.717) is 6.54 Å². The molecule has 0 amide bonds. The second kappa shape index (κ2) is 6.95. The van der Waals surface area contributed by atoms with Crippen LogP contribution in [0.3, 0.4) is 0 Å². The molecule has 2 heterocycles. The SMILES string of the molecule is CCn1ccc(CNCc2cn(C)nc2C(F)(F)F)n1.Cl. The Labute approximate surface area is 126 Å². The number of hydrogen-bond acceptors (Lipinski definition) is 3. The maximum atomic E-state index is 12.7. The quantitative estimate of drug-likeness (QED) is 0.919. The minimum absolute atomic E-state index is 0. The van der Waals surface area contributed by atoms with Crippen LogP contribution in [-0.2, 0) is 32.9 Å². The smallest absolute Gasteiger partial charge is 0.307 e. The summed E-state index contributed by atoms with van der Waals surface area (Å²) in [6, 6.07) is 1.84. The van der Waals surface area contributed by atoms with E-state index in [2.05, 4.69) is 15.5 Å². The van der Waals surface area contributed by atoms with Crippen LogP contribution in [0.1, 0.15) is 23.9 Å². The van der Waals surface area contributed by atoms with Crippen molar-refractivity contribution in [3.8, 4) is 0 Å². The lowest BCUT2D eigenvalue weighted by Crippen LogP contribution is -2.17.